The Kier molecular flexibility index (Phi) is 5.71. The van der Waals surface area contributed by atoms with Crippen LogP contribution in [0.15, 0.2) is 47.9 Å². The number of rotatable bonds is 7. The number of anilines is 1. The lowest BCUT2D eigenvalue weighted by Gasteiger charge is -2.28. The largest absolute Gasteiger partial charge is 0.487 e. The molecule has 1 fully saturated rings. The fourth-order valence-electron chi connectivity index (χ4n) is 3.41. The molecule has 0 amide bonds. The zero-order valence-corrected chi connectivity index (χ0v) is 16.2. The van der Waals surface area contributed by atoms with Crippen molar-refractivity contribution in [3.8, 4) is 17.0 Å². The number of aliphatic hydroxyl groups excluding tert-OH is 1. The van der Waals surface area contributed by atoms with Crippen molar-refractivity contribution >= 4 is 5.82 Å². The predicted molar refractivity (Wildman–Crippen MR) is 108 cm³/mol. The number of nitrogens with two attached hydrogens (primary N) is 1. The second kappa shape index (κ2) is 8.58. The highest BCUT2D eigenvalue weighted by atomic mass is 19.1. The molecule has 0 saturated heterocycles. The Labute approximate surface area is 172 Å². The summed E-state index contributed by atoms with van der Waals surface area (Å²) in [7, 11) is 0. The van der Waals surface area contributed by atoms with Crippen LogP contribution in [-0.2, 0) is 6.54 Å². The van der Waals surface area contributed by atoms with Crippen molar-refractivity contribution in [1.82, 2.24) is 19.5 Å². The highest BCUT2D eigenvalue weighted by Gasteiger charge is 2.27. The van der Waals surface area contributed by atoms with Crippen molar-refractivity contribution in [1.29, 1.82) is 0 Å². The first-order valence-electron chi connectivity index (χ1n) is 9.74. The Bertz CT molecular complexity index is 1080. The van der Waals surface area contributed by atoms with E-state index in [-0.39, 0.29) is 41.8 Å². The van der Waals surface area contributed by atoms with E-state index >= 15 is 4.39 Å². The molecule has 30 heavy (non-hydrogen) atoms. The molecule has 2 heterocycles. The molecule has 3 aromatic rings. The molecule has 9 heteroatoms. The standard InChI is InChI=1S/C21H22FN5O3/c22-20-16(17-8-26-18(23)9-25-17)5-4-15(13-2-1-3-13)21(20)30-11-14(28)10-27-12-24-7-6-19(27)29/h4-9,12-14,28H,1-3,10-11H2,(H2,23,26). The lowest BCUT2D eigenvalue weighted by molar-refractivity contribution is 0.0883. The molecule has 0 spiro atoms. The fraction of sp³-hybridized carbons (Fsp3) is 0.333. The van der Waals surface area contributed by atoms with Crippen LogP contribution in [0.1, 0.15) is 30.7 Å². The first-order valence-corrected chi connectivity index (χ1v) is 9.74. The van der Waals surface area contributed by atoms with Crippen LogP contribution in [0.5, 0.6) is 5.75 Å². The van der Waals surface area contributed by atoms with Crippen LogP contribution in [0.25, 0.3) is 11.3 Å². The normalized spacial score (nSPS) is 14.9. The summed E-state index contributed by atoms with van der Waals surface area (Å²) in [6, 6.07) is 4.81. The molecular formula is C21H22FN5O3. The van der Waals surface area contributed by atoms with Gasteiger partial charge in [0, 0.05) is 23.4 Å². The maximum Gasteiger partial charge on any atom is 0.253 e. The van der Waals surface area contributed by atoms with Gasteiger partial charge < -0.3 is 15.6 Å². The third kappa shape index (κ3) is 4.16. The molecule has 0 bridgehead atoms. The summed E-state index contributed by atoms with van der Waals surface area (Å²) in [6.45, 7) is -0.176. The number of halogens is 1. The topological polar surface area (TPSA) is 116 Å². The second-order valence-corrected chi connectivity index (χ2v) is 7.34. The average Bonchev–Trinajstić information content (AvgIpc) is 2.69. The van der Waals surface area contributed by atoms with Crippen molar-refractivity contribution < 1.29 is 14.2 Å². The van der Waals surface area contributed by atoms with Gasteiger partial charge in [-0.25, -0.2) is 14.4 Å². The molecule has 0 aliphatic heterocycles. The summed E-state index contributed by atoms with van der Waals surface area (Å²) >= 11 is 0. The van der Waals surface area contributed by atoms with Crippen LogP contribution in [0, 0.1) is 5.82 Å². The van der Waals surface area contributed by atoms with E-state index in [0.29, 0.717) is 5.69 Å². The number of ether oxygens (including phenoxy) is 1. The Balaban J connectivity index is 1.58. The maximum absolute atomic E-state index is 15.4. The summed E-state index contributed by atoms with van der Waals surface area (Å²) in [5.74, 6) is 0.0206. The van der Waals surface area contributed by atoms with Crippen molar-refractivity contribution in [2.45, 2.75) is 37.8 Å². The minimum absolute atomic E-state index is 0.00379. The molecule has 2 aromatic heterocycles. The summed E-state index contributed by atoms with van der Waals surface area (Å²) in [4.78, 5) is 23.8. The van der Waals surface area contributed by atoms with E-state index in [1.165, 1.54) is 35.6 Å². The molecule has 156 valence electrons. The monoisotopic (exact) mass is 411 g/mol. The predicted octanol–water partition coefficient (Wildman–Crippen LogP) is 2.13. The number of hydrogen-bond donors (Lipinski definition) is 2. The van der Waals surface area contributed by atoms with Gasteiger partial charge in [-0.05, 0) is 24.8 Å². The summed E-state index contributed by atoms with van der Waals surface area (Å²) in [5.41, 5.74) is 6.65. The van der Waals surface area contributed by atoms with Gasteiger partial charge in [0.1, 0.15) is 18.5 Å². The smallest absolute Gasteiger partial charge is 0.253 e. The first kappa shape index (κ1) is 20.0. The SMILES string of the molecule is Nc1cnc(-c2ccc(C3CCC3)c(OCC(O)Cn3cnccc3=O)c2F)cn1. The minimum atomic E-state index is -1.01. The summed E-state index contributed by atoms with van der Waals surface area (Å²) in [6.07, 6.45) is 7.49. The first-order chi connectivity index (χ1) is 14.5. The molecule has 1 unspecified atom stereocenters. The van der Waals surface area contributed by atoms with E-state index in [9.17, 15) is 9.90 Å². The molecule has 1 aliphatic rings. The molecule has 4 rings (SSSR count). The van der Waals surface area contributed by atoms with E-state index in [2.05, 4.69) is 15.0 Å². The van der Waals surface area contributed by atoms with E-state index in [1.807, 2.05) is 6.07 Å². The van der Waals surface area contributed by atoms with E-state index in [1.54, 1.807) is 6.07 Å². The quantitative estimate of drug-likeness (QED) is 0.612. The number of aliphatic hydroxyl groups is 1. The van der Waals surface area contributed by atoms with E-state index < -0.39 is 11.9 Å². The lowest BCUT2D eigenvalue weighted by atomic mass is 9.79. The summed E-state index contributed by atoms with van der Waals surface area (Å²) < 4.78 is 22.4. The zero-order valence-electron chi connectivity index (χ0n) is 16.2. The summed E-state index contributed by atoms with van der Waals surface area (Å²) in [5, 5.41) is 10.3. The van der Waals surface area contributed by atoms with Gasteiger partial charge in [0.25, 0.3) is 5.56 Å². The maximum atomic E-state index is 15.4. The van der Waals surface area contributed by atoms with Crippen LogP contribution >= 0.6 is 0 Å². The third-order valence-corrected chi connectivity index (χ3v) is 5.24. The van der Waals surface area contributed by atoms with Gasteiger partial charge in [0.2, 0.25) is 0 Å². The second-order valence-electron chi connectivity index (χ2n) is 7.34. The number of aromatic nitrogens is 4. The van der Waals surface area contributed by atoms with Gasteiger partial charge in [-0.1, -0.05) is 12.5 Å². The van der Waals surface area contributed by atoms with Gasteiger partial charge in [-0.2, -0.15) is 0 Å². The number of nitrogen functional groups attached to an aromatic ring is 1. The molecule has 3 N–H and O–H groups in total. The van der Waals surface area contributed by atoms with E-state index in [0.717, 1.165) is 24.8 Å². The van der Waals surface area contributed by atoms with Gasteiger partial charge in [0.05, 0.1) is 31.0 Å². The zero-order chi connectivity index (χ0) is 21.1. The van der Waals surface area contributed by atoms with Crippen LogP contribution in [0.3, 0.4) is 0 Å². The number of hydrogen-bond acceptors (Lipinski definition) is 7. The van der Waals surface area contributed by atoms with Crippen molar-refractivity contribution in [2.75, 3.05) is 12.3 Å². The van der Waals surface area contributed by atoms with Crippen LogP contribution in [-0.4, -0.2) is 37.3 Å². The molecule has 1 saturated carbocycles. The molecule has 8 nitrogen and oxygen atoms in total. The Morgan fingerprint density at radius 2 is 2.10 bits per heavy atom. The van der Waals surface area contributed by atoms with Gasteiger partial charge in [0.15, 0.2) is 11.6 Å². The Morgan fingerprint density at radius 1 is 1.27 bits per heavy atom. The number of nitrogens with zero attached hydrogens (tertiary/aromatic N) is 4. The molecule has 1 atom stereocenters. The third-order valence-electron chi connectivity index (χ3n) is 5.24. The van der Waals surface area contributed by atoms with Crippen molar-refractivity contribution in [3.05, 3.63) is 64.9 Å². The highest BCUT2D eigenvalue weighted by Crippen LogP contribution is 2.43. The van der Waals surface area contributed by atoms with Gasteiger partial charge in [-0.15, -0.1) is 0 Å². The fourth-order valence-corrected chi connectivity index (χ4v) is 3.41. The Hall–Kier alpha value is -3.33. The minimum Gasteiger partial charge on any atom is -0.487 e. The van der Waals surface area contributed by atoms with Crippen LogP contribution in [0.4, 0.5) is 10.2 Å². The Morgan fingerprint density at radius 3 is 2.77 bits per heavy atom. The molecule has 1 aromatic carbocycles. The van der Waals surface area contributed by atoms with Gasteiger partial charge in [-0.3, -0.25) is 14.3 Å². The number of benzene rings is 1. The highest BCUT2D eigenvalue weighted by molar-refractivity contribution is 5.64. The van der Waals surface area contributed by atoms with Gasteiger partial charge >= 0.3 is 0 Å². The lowest BCUT2D eigenvalue weighted by Crippen LogP contribution is -2.30. The molecule has 1 aliphatic carbocycles. The molecule has 0 radical (unpaired) electrons. The van der Waals surface area contributed by atoms with Crippen molar-refractivity contribution in [3.63, 3.8) is 0 Å². The molecular weight excluding hydrogens is 389 g/mol. The van der Waals surface area contributed by atoms with E-state index in [4.69, 9.17) is 10.5 Å². The van der Waals surface area contributed by atoms with Crippen LogP contribution in [0.2, 0.25) is 0 Å². The van der Waals surface area contributed by atoms with Crippen molar-refractivity contribution in [2.24, 2.45) is 0 Å². The van der Waals surface area contributed by atoms with Crippen LogP contribution < -0.4 is 16.0 Å². The average molecular weight is 411 g/mol.